The highest BCUT2D eigenvalue weighted by Gasteiger charge is 2.16. The Morgan fingerprint density at radius 2 is 1.96 bits per heavy atom. The molecular formula is C16H14ClFN2O4. The molecule has 1 amide bonds. The molecule has 0 saturated carbocycles. The summed E-state index contributed by atoms with van der Waals surface area (Å²) in [5, 5.41) is 14.1. The van der Waals surface area contributed by atoms with Crippen LogP contribution in [0, 0.1) is 15.9 Å². The lowest BCUT2D eigenvalue weighted by Gasteiger charge is -2.08. The van der Waals surface area contributed by atoms with Gasteiger partial charge in [0.25, 0.3) is 5.91 Å². The van der Waals surface area contributed by atoms with E-state index >= 15 is 0 Å². The van der Waals surface area contributed by atoms with Crippen LogP contribution in [-0.2, 0) is 11.2 Å². The fourth-order valence-electron chi connectivity index (χ4n) is 1.95. The number of hydrogen-bond acceptors (Lipinski definition) is 4. The van der Waals surface area contributed by atoms with Gasteiger partial charge in [0.1, 0.15) is 5.82 Å². The second kappa shape index (κ2) is 8.26. The highest BCUT2D eigenvalue weighted by atomic mass is 35.5. The zero-order chi connectivity index (χ0) is 17.5. The zero-order valence-electron chi connectivity index (χ0n) is 12.5. The number of hydrogen-bond donors (Lipinski definition) is 1. The standard InChI is InChI=1S/C16H14ClFN2O4/c17-12-3-1-11(2-4-12)7-8-19-16(21)10-24-15-9-13(18)5-6-14(15)20(22)23/h1-6,9H,7-8,10H2,(H,19,21). The van der Waals surface area contributed by atoms with Gasteiger partial charge in [-0.25, -0.2) is 4.39 Å². The number of nitro groups is 1. The molecule has 2 aromatic carbocycles. The molecule has 24 heavy (non-hydrogen) atoms. The first kappa shape index (κ1) is 17.7. The van der Waals surface area contributed by atoms with Crippen molar-refractivity contribution >= 4 is 23.2 Å². The normalized spacial score (nSPS) is 10.2. The van der Waals surface area contributed by atoms with Gasteiger partial charge in [0, 0.05) is 23.7 Å². The number of carbonyl (C=O) groups is 1. The Hall–Kier alpha value is -2.67. The van der Waals surface area contributed by atoms with Crippen molar-refractivity contribution in [1.82, 2.24) is 5.32 Å². The van der Waals surface area contributed by atoms with Gasteiger partial charge in [0.2, 0.25) is 5.75 Å². The maximum Gasteiger partial charge on any atom is 0.311 e. The van der Waals surface area contributed by atoms with Gasteiger partial charge < -0.3 is 10.1 Å². The van der Waals surface area contributed by atoms with E-state index in [0.29, 0.717) is 18.0 Å². The fourth-order valence-corrected chi connectivity index (χ4v) is 2.07. The Kier molecular flexibility index (Phi) is 6.08. The van der Waals surface area contributed by atoms with E-state index in [9.17, 15) is 19.3 Å². The first-order chi connectivity index (χ1) is 11.5. The van der Waals surface area contributed by atoms with Crippen LogP contribution >= 0.6 is 11.6 Å². The van der Waals surface area contributed by atoms with Crippen LogP contribution in [0.4, 0.5) is 10.1 Å². The third-order valence-corrected chi connectivity index (χ3v) is 3.38. The molecule has 0 bridgehead atoms. The summed E-state index contributed by atoms with van der Waals surface area (Å²) in [6, 6.07) is 10.0. The van der Waals surface area contributed by atoms with Crippen LogP contribution in [0.3, 0.4) is 0 Å². The SMILES string of the molecule is O=C(COc1cc(F)ccc1[N+](=O)[O-])NCCc1ccc(Cl)cc1. The summed E-state index contributed by atoms with van der Waals surface area (Å²) >= 11 is 5.78. The third-order valence-electron chi connectivity index (χ3n) is 3.13. The monoisotopic (exact) mass is 352 g/mol. The average Bonchev–Trinajstić information content (AvgIpc) is 2.54. The highest BCUT2D eigenvalue weighted by molar-refractivity contribution is 6.30. The van der Waals surface area contributed by atoms with Crippen molar-refractivity contribution in [2.75, 3.05) is 13.2 Å². The zero-order valence-corrected chi connectivity index (χ0v) is 13.3. The van der Waals surface area contributed by atoms with E-state index in [1.54, 1.807) is 12.1 Å². The van der Waals surface area contributed by atoms with Crippen molar-refractivity contribution in [1.29, 1.82) is 0 Å². The van der Waals surface area contributed by atoms with Crippen molar-refractivity contribution in [2.45, 2.75) is 6.42 Å². The lowest BCUT2D eigenvalue weighted by atomic mass is 10.1. The summed E-state index contributed by atoms with van der Waals surface area (Å²) < 4.78 is 18.2. The number of nitrogens with zero attached hydrogens (tertiary/aromatic N) is 1. The largest absolute Gasteiger partial charge is 0.477 e. The number of ether oxygens (including phenoxy) is 1. The van der Waals surface area contributed by atoms with Crippen LogP contribution in [0.25, 0.3) is 0 Å². The van der Waals surface area contributed by atoms with Crippen LogP contribution in [0.2, 0.25) is 5.02 Å². The predicted molar refractivity (Wildman–Crippen MR) is 86.7 cm³/mol. The van der Waals surface area contributed by atoms with Gasteiger partial charge in [-0.3, -0.25) is 14.9 Å². The second-order valence-electron chi connectivity index (χ2n) is 4.88. The van der Waals surface area contributed by atoms with Crippen LogP contribution in [0.1, 0.15) is 5.56 Å². The minimum absolute atomic E-state index is 0.284. The molecule has 0 spiro atoms. The van der Waals surface area contributed by atoms with Gasteiger partial charge in [-0.15, -0.1) is 0 Å². The molecule has 2 aromatic rings. The number of halogens is 2. The number of benzene rings is 2. The first-order valence-corrected chi connectivity index (χ1v) is 7.41. The summed E-state index contributed by atoms with van der Waals surface area (Å²) in [5.74, 6) is -1.42. The van der Waals surface area contributed by atoms with E-state index in [-0.39, 0.29) is 5.75 Å². The number of nitrogens with one attached hydrogen (secondary N) is 1. The fraction of sp³-hybridized carbons (Fsp3) is 0.188. The minimum Gasteiger partial charge on any atom is -0.477 e. The lowest BCUT2D eigenvalue weighted by molar-refractivity contribution is -0.385. The van der Waals surface area contributed by atoms with Crippen molar-refractivity contribution in [3.05, 3.63) is 69.0 Å². The quantitative estimate of drug-likeness (QED) is 0.613. The molecular weight excluding hydrogens is 339 g/mol. The number of amides is 1. The molecule has 0 radical (unpaired) electrons. The van der Waals surface area contributed by atoms with E-state index in [1.807, 2.05) is 12.1 Å². The number of rotatable bonds is 7. The Labute approximate surface area is 142 Å². The van der Waals surface area contributed by atoms with E-state index in [0.717, 1.165) is 23.8 Å². The van der Waals surface area contributed by atoms with Gasteiger partial charge in [-0.1, -0.05) is 23.7 Å². The van der Waals surface area contributed by atoms with Crippen molar-refractivity contribution in [3.63, 3.8) is 0 Å². The van der Waals surface area contributed by atoms with Crippen molar-refractivity contribution < 1.29 is 18.8 Å². The lowest BCUT2D eigenvalue weighted by Crippen LogP contribution is -2.30. The highest BCUT2D eigenvalue weighted by Crippen LogP contribution is 2.27. The molecule has 2 rings (SSSR count). The van der Waals surface area contributed by atoms with Crippen LogP contribution in [0.5, 0.6) is 5.75 Å². The van der Waals surface area contributed by atoms with Gasteiger partial charge >= 0.3 is 5.69 Å². The van der Waals surface area contributed by atoms with E-state index < -0.39 is 28.9 Å². The molecule has 0 aliphatic heterocycles. The maximum atomic E-state index is 13.1. The van der Waals surface area contributed by atoms with Crippen LogP contribution in [-0.4, -0.2) is 24.0 Å². The van der Waals surface area contributed by atoms with Crippen molar-refractivity contribution in [2.24, 2.45) is 0 Å². The Balaban J connectivity index is 1.82. The predicted octanol–water partition coefficient (Wildman–Crippen LogP) is 3.13. The van der Waals surface area contributed by atoms with E-state index in [2.05, 4.69) is 5.32 Å². The molecule has 0 aliphatic carbocycles. The molecule has 126 valence electrons. The van der Waals surface area contributed by atoms with Crippen LogP contribution in [0.15, 0.2) is 42.5 Å². The molecule has 0 atom stereocenters. The van der Waals surface area contributed by atoms with Gasteiger partial charge in [0.15, 0.2) is 6.61 Å². The summed E-state index contributed by atoms with van der Waals surface area (Å²) in [6.45, 7) is -0.0695. The molecule has 0 aromatic heterocycles. The molecule has 0 saturated heterocycles. The smallest absolute Gasteiger partial charge is 0.311 e. The van der Waals surface area contributed by atoms with Crippen LogP contribution < -0.4 is 10.1 Å². The Morgan fingerprint density at radius 3 is 2.62 bits per heavy atom. The number of nitro benzene ring substituents is 1. The summed E-state index contributed by atoms with van der Waals surface area (Å²) in [5.41, 5.74) is 0.603. The minimum atomic E-state index is -0.701. The van der Waals surface area contributed by atoms with Crippen molar-refractivity contribution in [3.8, 4) is 5.75 Å². The molecule has 0 heterocycles. The molecule has 0 aliphatic rings. The Morgan fingerprint density at radius 1 is 1.25 bits per heavy atom. The third kappa shape index (κ3) is 5.20. The van der Waals surface area contributed by atoms with E-state index in [1.165, 1.54) is 0 Å². The summed E-state index contributed by atoms with van der Waals surface area (Å²) in [4.78, 5) is 21.8. The maximum absolute atomic E-state index is 13.1. The first-order valence-electron chi connectivity index (χ1n) is 7.03. The number of carbonyl (C=O) groups excluding carboxylic acids is 1. The average molecular weight is 353 g/mol. The molecule has 1 N–H and O–H groups in total. The van der Waals surface area contributed by atoms with Gasteiger partial charge in [-0.05, 0) is 30.2 Å². The second-order valence-corrected chi connectivity index (χ2v) is 5.32. The summed E-state index contributed by atoms with van der Waals surface area (Å²) in [6.07, 6.45) is 0.600. The molecule has 0 unspecified atom stereocenters. The molecule has 0 fully saturated rings. The Bertz CT molecular complexity index is 737. The molecule has 6 nitrogen and oxygen atoms in total. The summed E-state index contributed by atoms with van der Waals surface area (Å²) in [7, 11) is 0. The van der Waals surface area contributed by atoms with Gasteiger partial charge in [0.05, 0.1) is 4.92 Å². The molecule has 8 heteroatoms. The van der Waals surface area contributed by atoms with Gasteiger partial charge in [-0.2, -0.15) is 0 Å². The topological polar surface area (TPSA) is 81.5 Å². The van der Waals surface area contributed by atoms with E-state index in [4.69, 9.17) is 16.3 Å².